The molecule has 1 aliphatic heterocycles. The summed E-state index contributed by atoms with van der Waals surface area (Å²) in [4.78, 5) is 12.5. The third-order valence-corrected chi connectivity index (χ3v) is 6.74. The molecule has 2 aromatic carbocycles. The summed E-state index contributed by atoms with van der Waals surface area (Å²) in [5.41, 5.74) is 10.9. The lowest BCUT2D eigenvalue weighted by atomic mass is 10.1. The maximum absolute atomic E-state index is 13.4. The van der Waals surface area contributed by atoms with Crippen molar-refractivity contribution < 1.29 is 17.6 Å². The van der Waals surface area contributed by atoms with E-state index in [-0.39, 0.29) is 36.1 Å². The predicted molar refractivity (Wildman–Crippen MR) is 111 cm³/mol. The monoisotopic (exact) mass is 442 g/mol. The van der Waals surface area contributed by atoms with Gasteiger partial charge in [-0.05, 0) is 42.0 Å². The number of hydrogen-bond donors (Lipinski definition) is 3. The number of imidazole rings is 1. The number of nitrogens with one attached hydrogen (secondary N) is 2. The van der Waals surface area contributed by atoms with Crippen LogP contribution in [0, 0.1) is 17.1 Å². The summed E-state index contributed by atoms with van der Waals surface area (Å²) in [6.07, 6.45) is 2.17. The number of H-pyrrole nitrogens is 1. The van der Waals surface area contributed by atoms with E-state index in [2.05, 4.69) is 15.4 Å². The SMILES string of the molecule is N#Cc1cc(CONC2=CCN(S(=O)(=O)c3ccc4nc(N)[nH]c4c3)CC2)ccc1F. The number of nitrogens with zero attached hydrogens (tertiary/aromatic N) is 3. The highest BCUT2D eigenvalue weighted by molar-refractivity contribution is 7.89. The van der Waals surface area contributed by atoms with E-state index in [0.29, 0.717) is 23.0 Å². The largest absolute Gasteiger partial charge is 0.369 e. The Bertz CT molecular complexity index is 1310. The fourth-order valence-electron chi connectivity index (χ4n) is 3.24. The van der Waals surface area contributed by atoms with Gasteiger partial charge in [-0.1, -0.05) is 6.07 Å². The van der Waals surface area contributed by atoms with Gasteiger partial charge in [0.15, 0.2) is 5.95 Å². The number of nitriles is 1. The number of rotatable bonds is 6. The first kappa shape index (κ1) is 20.8. The van der Waals surface area contributed by atoms with Crippen molar-refractivity contribution in [1.29, 1.82) is 5.26 Å². The number of hydroxylamine groups is 1. The molecule has 2 heterocycles. The standard InChI is InChI=1S/C20H19FN6O3S/c21-17-3-1-13(9-14(17)11-22)12-30-26-15-5-7-27(8-6-15)31(28,29)16-2-4-18-19(10-16)25-20(23)24-18/h1-5,9-10,26H,6-8,12H2,(H3,23,24,25). The molecule has 3 aromatic rings. The summed E-state index contributed by atoms with van der Waals surface area (Å²) in [6.45, 7) is 0.594. The zero-order chi connectivity index (χ0) is 22.0. The Kier molecular flexibility index (Phi) is 5.60. The van der Waals surface area contributed by atoms with Crippen LogP contribution < -0.4 is 11.2 Å². The summed E-state index contributed by atoms with van der Waals surface area (Å²) in [6, 6.07) is 10.6. The maximum atomic E-state index is 13.4. The molecule has 4 rings (SSSR count). The smallest absolute Gasteiger partial charge is 0.243 e. The highest BCUT2D eigenvalue weighted by Gasteiger charge is 2.26. The fraction of sp³-hybridized carbons (Fsp3) is 0.200. The second kappa shape index (κ2) is 8.35. The first-order chi connectivity index (χ1) is 14.9. The maximum Gasteiger partial charge on any atom is 0.243 e. The van der Waals surface area contributed by atoms with Crippen molar-refractivity contribution in [3.05, 3.63) is 65.1 Å². The van der Waals surface area contributed by atoms with Crippen molar-refractivity contribution in [1.82, 2.24) is 19.8 Å². The molecule has 11 heteroatoms. The fourth-order valence-corrected chi connectivity index (χ4v) is 4.65. The van der Waals surface area contributed by atoms with Crippen LogP contribution in [0.3, 0.4) is 0 Å². The summed E-state index contributed by atoms with van der Waals surface area (Å²) >= 11 is 0. The zero-order valence-electron chi connectivity index (χ0n) is 16.3. The Labute approximate surface area is 177 Å². The van der Waals surface area contributed by atoms with Gasteiger partial charge in [0.05, 0.1) is 28.1 Å². The number of anilines is 1. The molecule has 1 aromatic heterocycles. The van der Waals surface area contributed by atoms with E-state index in [1.165, 1.54) is 34.6 Å². The van der Waals surface area contributed by atoms with Crippen LogP contribution in [0.2, 0.25) is 0 Å². The van der Waals surface area contributed by atoms with Crippen molar-refractivity contribution in [2.75, 3.05) is 18.8 Å². The summed E-state index contributed by atoms with van der Waals surface area (Å²) in [5.74, 6) is -0.351. The Morgan fingerprint density at radius 3 is 2.90 bits per heavy atom. The number of nitrogens with two attached hydrogens (primary N) is 1. The van der Waals surface area contributed by atoms with Crippen LogP contribution >= 0.6 is 0 Å². The van der Waals surface area contributed by atoms with Gasteiger partial charge in [0, 0.05) is 25.2 Å². The minimum Gasteiger partial charge on any atom is -0.369 e. The van der Waals surface area contributed by atoms with Crippen LogP contribution in [-0.2, 0) is 21.5 Å². The number of aromatic amines is 1. The summed E-state index contributed by atoms with van der Waals surface area (Å²) < 4.78 is 40.6. The van der Waals surface area contributed by atoms with Crippen molar-refractivity contribution in [2.45, 2.75) is 17.9 Å². The molecule has 0 fully saturated rings. The quantitative estimate of drug-likeness (QED) is 0.498. The Morgan fingerprint density at radius 2 is 2.16 bits per heavy atom. The lowest BCUT2D eigenvalue weighted by Gasteiger charge is -2.26. The number of fused-ring (bicyclic) bond motifs is 1. The lowest BCUT2D eigenvalue weighted by Crippen LogP contribution is -2.36. The van der Waals surface area contributed by atoms with Gasteiger partial charge in [-0.3, -0.25) is 10.3 Å². The first-order valence-corrected chi connectivity index (χ1v) is 10.8. The molecule has 0 saturated heterocycles. The van der Waals surface area contributed by atoms with Crippen molar-refractivity contribution in [3.8, 4) is 6.07 Å². The van der Waals surface area contributed by atoms with Gasteiger partial charge < -0.3 is 10.7 Å². The normalized spacial score (nSPS) is 14.9. The van der Waals surface area contributed by atoms with Gasteiger partial charge in [0.2, 0.25) is 10.0 Å². The molecule has 0 amide bonds. The van der Waals surface area contributed by atoms with E-state index < -0.39 is 15.8 Å². The van der Waals surface area contributed by atoms with E-state index in [0.717, 1.165) is 5.70 Å². The van der Waals surface area contributed by atoms with Crippen LogP contribution in [0.25, 0.3) is 11.0 Å². The Balaban J connectivity index is 1.37. The molecule has 0 spiro atoms. The Morgan fingerprint density at radius 1 is 1.32 bits per heavy atom. The molecule has 0 bridgehead atoms. The average molecular weight is 442 g/mol. The molecular formula is C20H19FN6O3S. The minimum atomic E-state index is -3.68. The molecule has 31 heavy (non-hydrogen) atoms. The van der Waals surface area contributed by atoms with Gasteiger partial charge in [0.25, 0.3) is 0 Å². The highest BCUT2D eigenvalue weighted by Crippen LogP contribution is 2.23. The van der Waals surface area contributed by atoms with Crippen LogP contribution in [0.1, 0.15) is 17.5 Å². The van der Waals surface area contributed by atoms with E-state index in [4.69, 9.17) is 15.8 Å². The van der Waals surface area contributed by atoms with Crippen LogP contribution in [0.15, 0.2) is 53.1 Å². The van der Waals surface area contributed by atoms with Gasteiger partial charge in [-0.15, -0.1) is 0 Å². The van der Waals surface area contributed by atoms with Crippen molar-refractivity contribution in [2.24, 2.45) is 0 Å². The van der Waals surface area contributed by atoms with E-state index in [1.54, 1.807) is 18.2 Å². The predicted octanol–water partition coefficient (Wildman–Crippen LogP) is 2.16. The summed E-state index contributed by atoms with van der Waals surface area (Å²) in [7, 11) is -3.68. The van der Waals surface area contributed by atoms with Crippen LogP contribution in [-0.4, -0.2) is 35.8 Å². The topological polar surface area (TPSA) is 137 Å². The lowest BCUT2D eigenvalue weighted by molar-refractivity contribution is 0.0452. The number of aromatic nitrogens is 2. The molecular weight excluding hydrogens is 423 g/mol. The zero-order valence-corrected chi connectivity index (χ0v) is 17.1. The number of sulfonamides is 1. The van der Waals surface area contributed by atoms with Crippen LogP contribution in [0.5, 0.6) is 0 Å². The number of benzene rings is 2. The van der Waals surface area contributed by atoms with E-state index in [1.807, 2.05) is 0 Å². The Hall–Kier alpha value is -3.46. The molecule has 0 atom stereocenters. The van der Waals surface area contributed by atoms with Crippen LogP contribution in [0.4, 0.5) is 10.3 Å². The molecule has 0 radical (unpaired) electrons. The second-order valence-electron chi connectivity index (χ2n) is 6.96. The third-order valence-electron chi connectivity index (χ3n) is 4.87. The highest BCUT2D eigenvalue weighted by atomic mass is 32.2. The molecule has 4 N–H and O–H groups in total. The van der Waals surface area contributed by atoms with Crippen molar-refractivity contribution >= 4 is 27.0 Å². The molecule has 160 valence electrons. The van der Waals surface area contributed by atoms with Gasteiger partial charge in [-0.2, -0.15) is 9.57 Å². The minimum absolute atomic E-state index is 0.0464. The van der Waals surface area contributed by atoms with E-state index >= 15 is 0 Å². The average Bonchev–Trinajstić information content (AvgIpc) is 3.14. The summed E-state index contributed by atoms with van der Waals surface area (Å²) in [5, 5.41) is 8.88. The van der Waals surface area contributed by atoms with Gasteiger partial charge in [-0.25, -0.2) is 17.8 Å². The first-order valence-electron chi connectivity index (χ1n) is 9.37. The number of hydrogen-bond acceptors (Lipinski definition) is 7. The molecule has 9 nitrogen and oxygen atoms in total. The number of nitrogen functional groups attached to an aromatic ring is 1. The number of halogens is 1. The van der Waals surface area contributed by atoms with E-state index in [9.17, 15) is 12.8 Å². The van der Waals surface area contributed by atoms with Gasteiger partial charge >= 0.3 is 0 Å². The molecule has 0 unspecified atom stereocenters. The second-order valence-corrected chi connectivity index (χ2v) is 8.90. The molecule has 0 aliphatic carbocycles. The van der Waals surface area contributed by atoms with Crippen molar-refractivity contribution in [3.63, 3.8) is 0 Å². The third kappa shape index (κ3) is 4.36. The van der Waals surface area contributed by atoms with Gasteiger partial charge in [0.1, 0.15) is 11.9 Å². The molecule has 0 saturated carbocycles. The molecule has 1 aliphatic rings.